The number of aliphatic hydroxyl groups excluding tert-OH is 1. The van der Waals surface area contributed by atoms with Crippen LogP contribution in [0.2, 0.25) is 0 Å². The Morgan fingerprint density at radius 1 is 1.48 bits per heavy atom. The van der Waals surface area contributed by atoms with Crippen LogP contribution in [0.25, 0.3) is 11.1 Å². The van der Waals surface area contributed by atoms with Crippen LogP contribution in [0.15, 0.2) is 22.6 Å². The minimum atomic E-state index is -4.76. The minimum Gasteiger partial charge on any atom is -0.429 e. The fourth-order valence-electron chi connectivity index (χ4n) is 2.84. The average Bonchev–Trinajstić information content (AvgIpc) is 3.08. The van der Waals surface area contributed by atoms with Crippen molar-refractivity contribution in [2.75, 3.05) is 6.54 Å². The standard InChI is InChI=1S/C14H13F3N2O3S/c15-14(16,17)11(20)9-2-1-5-19(9)12(21)7-3-4-8-10(6-7)22-13(23)18-8/h3-4,6,9,11,20H,1-2,5H2,(H,18,23)/t9-,11+/m1/s1. The second-order valence-corrected chi connectivity index (χ2v) is 5.79. The molecule has 9 heteroatoms. The Kier molecular flexibility index (Phi) is 3.93. The first-order valence-corrected chi connectivity index (χ1v) is 7.37. The van der Waals surface area contributed by atoms with Crippen LogP contribution >= 0.6 is 12.2 Å². The molecule has 0 unspecified atom stereocenters. The van der Waals surface area contributed by atoms with Gasteiger partial charge in [0, 0.05) is 12.1 Å². The van der Waals surface area contributed by atoms with Crippen molar-refractivity contribution in [3.8, 4) is 0 Å². The molecule has 1 saturated heterocycles. The Balaban J connectivity index is 1.89. The van der Waals surface area contributed by atoms with Gasteiger partial charge < -0.3 is 19.4 Å². The molecule has 0 bridgehead atoms. The van der Waals surface area contributed by atoms with E-state index in [-0.39, 0.29) is 23.4 Å². The maximum absolute atomic E-state index is 12.7. The number of aromatic nitrogens is 1. The number of hydrogen-bond donors (Lipinski definition) is 2. The molecule has 0 saturated carbocycles. The molecule has 1 fully saturated rings. The molecule has 3 rings (SSSR count). The molecule has 1 aromatic heterocycles. The zero-order valence-electron chi connectivity index (χ0n) is 11.8. The summed E-state index contributed by atoms with van der Waals surface area (Å²) in [6.07, 6.45) is -6.78. The Hall–Kier alpha value is -1.87. The first kappa shape index (κ1) is 16.0. The number of benzene rings is 1. The van der Waals surface area contributed by atoms with Gasteiger partial charge in [-0.05, 0) is 43.3 Å². The largest absolute Gasteiger partial charge is 0.429 e. The van der Waals surface area contributed by atoms with Crippen molar-refractivity contribution in [3.05, 3.63) is 28.6 Å². The molecule has 1 amide bonds. The van der Waals surface area contributed by atoms with Crippen molar-refractivity contribution in [3.63, 3.8) is 0 Å². The Morgan fingerprint density at radius 3 is 2.91 bits per heavy atom. The highest BCUT2D eigenvalue weighted by Crippen LogP contribution is 2.31. The molecule has 0 spiro atoms. The Morgan fingerprint density at radius 2 is 2.22 bits per heavy atom. The SMILES string of the molecule is O=C(c1ccc2[nH]c(=S)oc2c1)N1CCC[C@@H]1[C@H](O)C(F)(F)F. The van der Waals surface area contributed by atoms with Crippen LogP contribution in [0.1, 0.15) is 23.2 Å². The maximum atomic E-state index is 12.7. The van der Waals surface area contributed by atoms with Crippen LogP contribution in [0, 0.1) is 4.84 Å². The fourth-order valence-corrected chi connectivity index (χ4v) is 3.04. The van der Waals surface area contributed by atoms with Crippen LogP contribution in [0.5, 0.6) is 0 Å². The molecule has 0 aliphatic carbocycles. The number of rotatable bonds is 2. The summed E-state index contributed by atoms with van der Waals surface area (Å²) in [5, 5.41) is 9.47. The van der Waals surface area contributed by atoms with E-state index in [1.165, 1.54) is 12.1 Å². The number of nitrogens with one attached hydrogen (secondary N) is 1. The zero-order chi connectivity index (χ0) is 16.8. The van der Waals surface area contributed by atoms with E-state index in [2.05, 4.69) is 4.98 Å². The molecule has 0 radical (unpaired) electrons. The van der Waals surface area contributed by atoms with Crippen LogP contribution in [0.4, 0.5) is 13.2 Å². The van der Waals surface area contributed by atoms with Crippen molar-refractivity contribution in [2.45, 2.75) is 31.2 Å². The van der Waals surface area contributed by atoms with Crippen molar-refractivity contribution in [1.29, 1.82) is 0 Å². The van der Waals surface area contributed by atoms with Crippen LogP contribution < -0.4 is 0 Å². The highest BCUT2D eigenvalue weighted by molar-refractivity contribution is 7.71. The number of fused-ring (bicyclic) bond motifs is 1. The van der Waals surface area contributed by atoms with Gasteiger partial charge in [-0.2, -0.15) is 13.2 Å². The summed E-state index contributed by atoms with van der Waals surface area (Å²) in [6.45, 7) is 0.172. The smallest absolute Gasteiger partial charge is 0.416 e. The normalized spacial score (nSPS) is 20.2. The molecule has 1 aliphatic heterocycles. The van der Waals surface area contributed by atoms with Gasteiger partial charge in [0.05, 0.1) is 11.6 Å². The van der Waals surface area contributed by atoms with E-state index in [1.54, 1.807) is 6.07 Å². The molecule has 2 atom stereocenters. The van der Waals surface area contributed by atoms with Crippen LogP contribution in [-0.2, 0) is 0 Å². The predicted octanol–water partition coefficient (Wildman–Crippen LogP) is 3.02. The number of aliphatic hydroxyl groups is 1. The van der Waals surface area contributed by atoms with E-state index in [0.717, 1.165) is 4.90 Å². The highest BCUT2D eigenvalue weighted by atomic mass is 32.1. The molecular formula is C14H13F3N2O3S. The number of oxazole rings is 1. The van der Waals surface area contributed by atoms with Gasteiger partial charge in [-0.3, -0.25) is 4.79 Å². The Labute approximate surface area is 133 Å². The van der Waals surface area contributed by atoms with Gasteiger partial charge in [0.15, 0.2) is 11.7 Å². The average molecular weight is 346 g/mol. The summed E-state index contributed by atoms with van der Waals surface area (Å²) in [4.78, 5) is 16.5. The van der Waals surface area contributed by atoms with E-state index in [9.17, 15) is 23.1 Å². The number of nitrogens with zero attached hydrogens (tertiary/aromatic N) is 1. The van der Waals surface area contributed by atoms with Gasteiger partial charge in [-0.15, -0.1) is 0 Å². The number of hydrogen-bond acceptors (Lipinski definition) is 4. The van der Waals surface area contributed by atoms with E-state index >= 15 is 0 Å². The van der Waals surface area contributed by atoms with Gasteiger partial charge in [-0.25, -0.2) is 0 Å². The fraction of sp³-hybridized carbons (Fsp3) is 0.429. The van der Waals surface area contributed by atoms with E-state index < -0.39 is 24.2 Å². The van der Waals surface area contributed by atoms with Gasteiger partial charge in [0.1, 0.15) is 0 Å². The van der Waals surface area contributed by atoms with E-state index in [1.807, 2.05) is 0 Å². The molecule has 2 aromatic rings. The number of likely N-dealkylation sites (tertiary alicyclic amines) is 1. The molecule has 2 N–H and O–H groups in total. The number of amides is 1. The van der Waals surface area contributed by atoms with E-state index in [0.29, 0.717) is 17.5 Å². The van der Waals surface area contributed by atoms with Gasteiger partial charge >= 0.3 is 6.18 Å². The zero-order valence-corrected chi connectivity index (χ0v) is 12.6. The summed E-state index contributed by atoms with van der Waals surface area (Å²) in [6, 6.07) is 3.23. The van der Waals surface area contributed by atoms with E-state index in [4.69, 9.17) is 16.6 Å². The first-order chi connectivity index (χ1) is 10.8. The molecule has 23 heavy (non-hydrogen) atoms. The topological polar surface area (TPSA) is 69.5 Å². The second kappa shape index (κ2) is 5.64. The summed E-state index contributed by atoms with van der Waals surface area (Å²) in [5.41, 5.74) is 1.14. The summed E-state index contributed by atoms with van der Waals surface area (Å²) in [7, 11) is 0. The number of H-pyrrole nitrogens is 1. The molecule has 124 valence electrons. The number of halogens is 3. The molecule has 1 aromatic carbocycles. The third-order valence-electron chi connectivity index (χ3n) is 3.93. The molecule has 2 heterocycles. The summed E-state index contributed by atoms with van der Waals surface area (Å²) in [5.74, 6) is -0.569. The molecular weight excluding hydrogens is 333 g/mol. The number of carbonyl (C=O) groups is 1. The lowest BCUT2D eigenvalue weighted by atomic mass is 10.1. The third kappa shape index (κ3) is 2.98. The minimum absolute atomic E-state index is 0.111. The maximum Gasteiger partial charge on any atom is 0.416 e. The monoisotopic (exact) mass is 346 g/mol. The first-order valence-electron chi connectivity index (χ1n) is 6.96. The lowest BCUT2D eigenvalue weighted by molar-refractivity contribution is -0.216. The lowest BCUT2D eigenvalue weighted by Gasteiger charge is -2.29. The lowest BCUT2D eigenvalue weighted by Crippen LogP contribution is -2.49. The van der Waals surface area contributed by atoms with Gasteiger partial charge in [0.25, 0.3) is 10.7 Å². The highest BCUT2D eigenvalue weighted by Gasteiger charge is 2.48. The number of carbonyl (C=O) groups excluding carboxylic acids is 1. The predicted molar refractivity (Wildman–Crippen MR) is 77.5 cm³/mol. The summed E-state index contributed by atoms with van der Waals surface area (Å²) >= 11 is 4.85. The second-order valence-electron chi connectivity index (χ2n) is 5.42. The van der Waals surface area contributed by atoms with Crippen molar-refractivity contribution in [2.24, 2.45) is 0 Å². The van der Waals surface area contributed by atoms with Crippen molar-refractivity contribution < 1.29 is 27.5 Å². The quantitative estimate of drug-likeness (QED) is 0.820. The Bertz CT molecular complexity index is 798. The van der Waals surface area contributed by atoms with Gasteiger partial charge in [0.2, 0.25) is 0 Å². The van der Waals surface area contributed by atoms with Crippen molar-refractivity contribution in [1.82, 2.24) is 9.88 Å². The van der Waals surface area contributed by atoms with Gasteiger partial charge in [-0.1, -0.05) is 0 Å². The van der Waals surface area contributed by atoms with Crippen molar-refractivity contribution >= 4 is 29.2 Å². The van der Waals surface area contributed by atoms with Crippen LogP contribution in [0.3, 0.4) is 0 Å². The number of aromatic amines is 1. The van der Waals surface area contributed by atoms with Crippen LogP contribution in [-0.4, -0.2) is 45.8 Å². The molecule has 5 nitrogen and oxygen atoms in total. The molecule has 1 aliphatic rings. The number of alkyl halides is 3. The third-order valence-corrected chi connectivity index (χ3v) is 4.11. The summed E-state index contributed by atoms with van der Waals surface area (Å²) < 4.78 is 43.4.